The van der Waals surface area contributed by atoms with Crippen molar-refractivity contribution in [3.8, 4) is 5.69 Å². The maximum atomic E-state index is 11.7. The van der Waals surface area contributed by atoms with E-state index in [1.54, 1.807) is 18.6 Å². The third-order valence-corrected chi connectivity index (χ3v) is 4.00. The Labute approximate surface area is 129 Å². The number of amides is 1. The topological polar surface area (TPSA) is 67.2 Å². The fraction of sp³-hybridized carbons (Fsp3) is 0.294. The molecule has 0 radical (unpaired) electrons. The van der Waals surface area contributed by atoms with Crippen molar-refractivity contribution >= 4 is 12.0 Å². The molecule has 0 unspecified atom stereocenters. The van der Waals surface area contributed by atoms with E-state index in [2.05, 4.69) is 10.3 Å². The van der Waals surface area contributed by atoms with Gasteiger partial charge in [0.1, 0.15) is 0 Å². The third-order valence-electron chi connectivity index (χ3n) is 4.00. The maximum Gasteiger partial charge on any atom is 0.244 e. The molecule has 1 amide bonds. The predicted octanol–water partition coefficient (Wildman–Crippen LogP) is 1.92. The van der Waals surface area contributed by atoms with Crippen LogP contribution >= 0.6 is 0 Å². The van der Waals surface area contributed by atoms with Crippen molar-refractivity contribution in [3.05, 3.63) is 54.6 Å². The Kier molecular flexibility index (Phi) is 4.06. The van der Waals surface area contributed by atoms with Crippen LogP contribution < -0.4 is 5.32 Å². The predicted molar refractivity (Wildman–Crippen MR) is 84.4 cm³/mol. The second-order valence-electron chi connectivity index (χ2n) is 5.69. The van der Waals surface area contributed by atoms with Gasteiger partial charge in [-0.15, -0.1) is 0 Å². The van der Waals surface area contributed by atoms with Gasteiger partial charge in [0.2, 0.25) is 5.91 Å². The maximum absolute atomic E-state index is 11.7. The number of benzene rings is 1. The molecule has 0 aliphatic heterocycles. The molecular formula is C17H19N3O2. The van der Waals surface area contributed by atoms with Crippen LogP contribution in [0.15, 0.2) is 49.1 Å². The SMILES string of the molecule is O=C(C=Cc1ccc(-n2ccnc2)cc1)NCC1(O)CCC1. The second-order valence-corrected chi connectivity index (χ2v) is 5.69. The van der Waals surface area contributed by atoms with E-state index in [9.17, 15) is 9.90 Å². The van der Waals surface area contributed by atoms with Gasteiger partial charge in [0.05, 0.1) is 11.9 Å². The van der Waals surface area contributed by atoms with Crippen LogP contribution in [0.1, 0.15) is 24.8 Å². The first-order valence-electron chi connectivity index (χ1n) is 7.41. The van der Waals surface area contributed by atoms with Crippen molar-refractivity contribution in [2.24, 2.45) is 0 Å². The van der Waals surface area contributed by atoms with Gasteiger partial charge in [-0.1, -0.05) is 12.1 Å². The van der Waals surface area contributed by atoms with Crippen LogP contribution in [0.2, 0.25) is 0 Å². The van der Waals surface area contributed by atoms with E-state index in [0.717, 1.165) is 30.5 Å². The highest BCUT2D eigenvalue weighted by atomic mass is 16.3. The van der Waals surface area contributed by atoms with Crippen LogP contribution in [-0.4, -0.2) is 32.7 Å². The first kappa shape index (κ1) is 14.5. The van der Waals surface area contributed by atoms with E-state index in [4.69, 9.17) is 0 Å². The van der Waals surface area contributed by atoms with Crippen molar-refractivity contribution in [1.82, 2.24) is 14.9 Å². The molecule has 2 aromatic rings. The smallest absolute Gasteiger partial charge is 0.244 e. The van der Waals surface area contributed by atoms with Gasteiger partial charge in [-0.05, 0) is 43.0 Å². The van der Waals surface area contributed by atoms with Gasteiger partial charge in [0.15, 0.2) is 0 Å². The van der Waals surface area contributed by atoms with Gasteiger partial charge in [0, 0.05) is 30.7 Å². The highest BCUT2D eigenvalue weighted by molar-refractivity contribution is 5.91. The van der Waals surface area contributed by atoms with Crippen molar-refractivity contribution in [3.63, 3.8) is 0 Å². The molecule has 22 heavy (non-hydrogen) atoms. The lowest BCUT2D eigenvalue weighted by Crippen LogP contribution is -2.47. The fourth-order valence-electron chi connectivity index (χ4n) is 2.41. The van der Waals surface area contributed by atoms with Crippen LogP contribution in [0.5, 0.6) is 0 Å². The van der Waals surface area contributed by atoms with Gasteiger partial charge in [-0.2, -0.15) is 0 Å². The molecular weight excluding hydrogens is 278 g/mol. The van der Waals surface area contributed by atoms with E-state index >= 15 is 0 Å². The van der Waals surface area contributed by atoms with Crippen LogP contribution in [0.3, 0.4) is 0 Å². The molecule has 0 saturated heterocycles. The molecule has 114 valence electrons. The summed E-state index contributed by atoms with van der Waals surface area (Å²) in [6, 6.07) is 7.82. The summed E-state index contributed by atoms with van der Waals surface area (Å²) in [5, 5.41) is 12.7. The van der Waals surface area contributed by atoms with Crippen molar-refractivity contribution in [2.45, 2.75) is 24.9 Å². The lowest BCUT2D eigenvalue weighted by molar-refractivity contribution is -0.118. The average molecular weight is 297 g/mol. The van der Waals surface area contributed by atoms with E-state index in [1.807, 2.05) is 35.0 Å². The molecule has 3 rings (SSSR count). The zero-order chi connectivity index (χ0) is 15.4. The molecule has 1 aliphatic carbocycles. The van der Waals surface area contributed by atoms with Gasteiger partial charge >= 0.3 is 0 Å². The van der Waals surface area contributed by atoms with Gasteiger partial charge in [-0.3, -0.25) is 4.79 Å². The van der Waals surface area contributed by atoms with Crippen molar-refractivity contribution in [1.29, 1.82) is 0 Å². The number of aliphatic hydroxyl groups is 1. The Morgan fingerprint density at radius 3 is 2.73 bits per heavy atom. The minimum atomic E-state index is -0.685. The zero-order valence-electron chi connectivity index (χ0n) is 12.3. The zero-order valence-corrected chi connectivity index (χ0v) is 12.3. The molecule has 2 N–H and O–H groups in total. The Hall–Kier alpha value is -2.40. The quantitative estimate of drug-likeness (QED) is 0.829. The number of rotatable bonds is 5. The normalized spacial score (nSPS) is 16.4. The third kappa shape index (κ3) is 3.43. The number of imidazole rings is 1. The molecule has 1 saturated carbocycles. The molecule has 1 aromatic heterocycles. The molecule has 5 heteroatoms. The van der Waals surface area contributed by atoms with Crippen molar-refractivity contribution in [2.75, 3.05) is 6.54 Å². The Balaban J connectivity index is 1.54. The summed E-state index contributed by atoms with van der Waals surface area (Å²) in [5.74, 6) is -0.181. The summed E-state index contributed by atoms with van der Waals surface area (Å²) in [5.41, 5.74) is 1.28. The largest absolute Gasteiger partial charge is 0.388 e. The summed E-state index contributed by atoms with van der Waals surface area (Å²) in [6.07, 6.45) is 11.2. The molecule has 0 bridgehead atoms. The van der Waals surface area contributed by atoms with Gasteiger partial charge in [-0.25, -0.2) is 4.98 Å². The number of aromatic nitrogens is 2. The van der Waals surface area contributed by atoms with Gasteiger partial charge in [0.25, 0.3) is 0 Å². The molecule has 1 aliphatic rings. The van der Waals surface area contributed by atoms with E-state index in [1.165, 1.54) is 6.08 Å². The van der Waals surface area contributed by atoms with Gasteiger partial charge < -0.3 is 15.0 Å². The summed E-state index contributed by atoms with van der Waals surface area (Å²) < 4.78 is 1.92. The molecule has 1 aromatic carbocycles. The van der Waals surface area contributed by atoms with E-state index in [0.29, 0.717) is 6.54 Å². The Bertz CT molecular complexity index is 656. The molecule has 1 heterocycles. The minimum absolute atomic E-state index is 0.181. The average Bonchev–Trinajstić information content (AvgIpc) is 3.04. The standard InChI is InChI=1S/C17H19N3O2/c21-16(19-12-17(22)8-1-9-17)7-4-14-2-5-15(6-3-14)20-11-10-18-13-20/h2-7,10-11,13,22H,1,8-9,12H2,(H,19,21). The van der Waals surface area contributed by atoms with E-state index < -0.39 is 5.60 Å². The Morgan fingerprint density at radius 1 is 1.36 bits per heavy atom. The lowest BCUT2D eigenvalue weighted by atomic mass is 9.80. The van der Waals surface area contributed by atoms with Crippen molar-refractivity contribution < 1.29 is 9.90 Å². The molecule has 5 nitrogen and oxygen atoms in total. The Morgan fingerprint density at radius 2 is 2.14 bits per heavy atom. The first-order valence-corrected chi connectivity index (χ1v) is 7.41. The van der Waals surface area contributed by atoms with E-state index in [-0.39, 0.29) is 5.91 Å². The summed E-state index contributed by atoms with van der Waals surface area (Å²) >= 11 is 0. The van der Waals surface area contributed by atoms with Crippen LogP contribution in [0, 0.1) is 0 Å². The fourth-order valence-corrected chi connectivity index (χ4v) is 2.41. The first-order chi connectivity index (χ1) is 10.6. The minimum Gasteiger partial charge on any atom is -0.388 e. The number of nitrogens with zero attached hydrogens (tertiary/aromatic N) is 2. The van der Waals surface area contributed by atoms with Crippen LogP contribution in [-0.2, 0) is 4.79 Å². The number of carbonyl (C=O) groups is 1. The monoisotopic (exact) mass is 297 g/mol. The summed E-state index contributed by atoms with van der Waals surface area (Å²) in [6.45, 7) is 0.329. The van der Waals surface area contributed by atoms with Crippen LogP contribution in [0.4, 0.5) is 0 Å². The highest BCUT2D eigenvalue weighted by Gasteiger charge is 2.34. The number of nitrogens with one attached hydrogen (secondary N) is 1. The molecule has 0 atom stereocenters. The highest BCUT2D eigenvalue weighted by Crippen LogP contribution is 2.30. The second kappa shape index (κ2) is 6.15. The van der Waals surface area contributed by atoms with Crippen LogP contribution in [0.25, 0.3) is 11.8 Å². The number of hydrogen-bond donors (Lipinski definition) is 2. The lowest BCUT2D eigenvalue weighted by Gasteiger charge is -2.36. The number of hydrogen-bond acceptors (Lipinski definition) is 3. The molecule has 1 fully saturated rings. The summed E-state index contributed by atoms with van der Waals surface area (Å²) in [7, 11) is 0. The number of carbonyl (C=O) groups excluding carboxylic acids is 1. The summed E-state index contributed by atoms with van der Waals surface area (Å²) in [4.78, 5) is 15.7. The molecule has 0 spiro atoms.